The van der Waals surface area contributed by atoms with Gasteiger partial charge in [-0.1, -0.05) is 6.92 Å². The van der Waals surface area contributed by atoms with Crippen molar-refractivity contribution in [1.82, 2.24) is 0 Å². The summed E-state index contributed by atoms with van der Waals surface area (Å²) in [4.78, 5) is 9.80. The predicted octanol–water partition coefficient (Wildman–Crippen LogP) is -1.80. The first-order valence-electron chi connectivity index (χ1n) is 2.05. The maximum atomic E-state index is 9.80. The molecule has 0 radical (unpaired) electrons. The van der Waals surface area contributed by atoms with Gasteiger partial charge in [-0.25, -0.2) is 0 Å². The van der Waals surface area contributed by atoms with Gasteiger partial charge in [0.05, 0.1) is 0 Å². The molecule has 1 N–H and O–H groups in total. The number of halogens is 1. The van der Waals surface area contributed by atoms with Crippen LogP contribution in [0.25, 0.3) is 0 Å². The molecule has 0 aromatic carbocycles. The summed E-state index contributed by atoms with van der Waals surface area (Å²) in [5.74, 6) is -0.941. The number of rotatable bonds is 2. The van der Waals surface area contributed by atoms with Crippen LogP contribution < -0.4 is 51.4 Å². The van der Waals surface area contributed by atoms with E-state index in [0.717, 1.165) is 0 Å². The number of aliphatic carboxylic acids is 1. The fourth-order valence-corrected chi connectivity index (χ4v) is 0.175. The molecular formula is C4H8ClKO2. The van der Waals surface area contributed by atoms with Gasteiger partial charge >= 0.3 is 57.4 Å². The maximum Gasteiger partial charge on any atom is 1.00 e. The Morgan fingerprint density at radius 1 is 2.00 bits per heavy atom. The quantitative estimate of drug-likeness (QED) is 0.385. The number of carbonyl (C=O) groups is 1. The first-order valence-corrected chi connectivity index (χ1v) is 2.49. The molecule has 0 aliphatic carbocycles. The van der Waals surface area contributed by atoms with E-state index in [0.29, 0.717) is 6.42 Å². The molecule has 1 atom stereocenters. The molecule has 0 aromatic rings. The average molecular weight is 163 g/mol. The zero-order valence-electron chi connectivity index (χ0n) is 6.02. The Kier molecular flexibility index (Phi) is 9.86. The van der Waals surface area contributed by atoms with Crippen LogP contribution in [-0.4, -0.2) is 16.5 Å². The first-order chi connectivity index (χ1) is 3.18. The van der Waals surface area contributed by atoms with Gasteiger partial charge in [0, 0.05) is 0 Å². The number of carboxylic acid groups (broad SMARTS) is 1. The molecule has 0 aliphatic rings. The van der Waals surface area contributed by atoms with Gasteiger partial charge in [0.15, 0.2) is 0 Å². The average Bonchev–Trinajstić information content (AvgIpc) is 1.65. The monoisotopic (exact) mass is 162 g/mol. The minimum atomic E-state index is -0.941. The second kappa shape index (κ2) is 6.52. The van der Waals surface area contributed by atoms with Crippen molar-refractivity contribution in [1.29, 1.82) is 0 Å². The van der Waals surface area contributed by atoms with E-state index in [-0.39, 0.29) is 52.8 Å². The largest absolute Gasteiger partial charge is 1.00 e. The van der Waals surface area contributed by atoms with Crippen molar-refractivity contribution in [2.24, 2.45) is 0 Å². The Bertz CT molecular complexity index is 81.0. The van der Waals surface area contributed by atoms with E-state index in [1.807, 2.05) is 0 Å². The van der Waals surface area contributed by atoms with Crippen molar-refractivity contribution in [2.45, 2.75) is 18.7 Å². The van der Waals surface area contributed by atoms with Gasteiger partial charge in [-0.05, 0) is 6.42 Å². The molecule has 0 amide bonds. The molecule has 0 bridgehead atoms. The maximum absolute atomic E-state index is 9.80. The molecule has 0 fully saturated rings. The van der Waals surface area contributed by atoms with Crippen LogP contribution in [-0.2, 0) is 4.79 Å². The Morgan fingerprint density at radius 2 is 2.38 bits per heavy atom. The zero-order valence-corrected chi connectivity index (χ0v) is 8.90. The fourth-order valence-electron chi connectivity index (χ4n) is 0.175. The summed E-state index contributed by atoms with van der Waals surface area (Å²) in [6, 6.07) is 0. The van der Waals surface area contributed by atoms with Crippen LogP contribution in [0.2, 0.25) is 0 Å². The second-order valence-corrected chi connectivity index (χ2v) is 1.74. The van der Waals surface area contributed by atoms with Gasteiger partial charge in [0.1, 0.15) is 5.38 Å². The molecule has 1 unspecified atom stereocenters. The van der Waals surface area contributed by atoms with Crippen LogP contribution in [0.5, 0.6) is 0 Å². The summed E-state index contributed by atoms with van der Waals surface area (Å²) < 4.78 is 0. The summed E-state index contributed by atoms with van der Waals surface area (Å²) in [6.07, 6.45) is 0.483. The van der Waals surface area contributed by atoms with E-state index in [4.69, 9.17) is 16.7 Å². The van der Waals surface area contributed by atoms with E-state index >= 15 is 0 Å². The Labute approximate surface area is 97.5 Å². The van der Waals surface area contributed by atoms with Crippen LogP contribution in [0.4, 0.5) is 0 Å². The van der Waals surface area contributed by atoms with Gasteiger partial charge in [-0.15, -0.1) is 11.6 Å². The molecular weight excluding hydrogens is 155 g/mol. The van der Waals surface area contributed by atoms with Crippen LogP contribution >= 0.6 is 11.6 Å². The Morgan fingerprint density at radius 3 is 2.38 bits per heavy atom. The third-order valence-corrected chi connectivity index (χ3v) is 1.12. The second-order valence-electron chi connectivity index (χ2n) is 1.21. The number of carboxylic acids is 1. The zero-order chi connectivity index (χ0) is 5.86. The summed E-state index contributed by atoms with van der Waals surface area (Å²) in [5.41, 5.74) is 0. The molecule has 0 spiro atoms. The van der Waals surface area contributed by atoms with Crippen molar-refractivity contribution in [2.75, 3.05) is 0 Å². The molecule has 0 aromatic heterocycles. The molecule has 44 valence electrons. The molecule has 0 heterocycles. The van der Waals surface area contributed by atoms with E-state index in [2.05, 4.69) is 0 Å². The summed E-state index contributed by atoms with van der Waals surface area (Å²) in [7, 11) is 0. The third-order valence-electron chi connectivity index (χ3n) is 0.626. The molecule has 0 saturated heterocycles. The van der Waals surface area contributed by atoms with Gasteiger partial charge < -0.3 is 6.53 Å². The molecule has 0 aliphatic heterocycles. The predicted molar refractivity (Wildman–Crippen MR) is 28.7 cm³/mol. The van der Waals surface area contributed by atoms with Gasteiger partial charge in [-0.3, -0.25) is 4.79 Å². The topological polar surface area (TPSA) is 37.3 Å². The van der Waals surface area contributed by atoms with Gasteiger partial charge in [0.2, 0.25) is 0 Å². The number of hydrogen-bond donors (Lipinski definition) is 1. The van der Waals surface area contributed by atoms with Crippen LogP contribution in [0.1, 0.15) is 14.8 Å². The van der Waals surface area contributed by atoms with Crippen LogP contribution in [0.3, 0.4) is 0 Å². The fraction of sp³-hybridized carbons (Fsp3) is 0.750. The number of hydrogen-bond acceptors (Lipinski definition) is 1. The van der Waals surface area contributed by atoms with Gasteiger partial charge in [0.25, 0.3) is 0 Å². The molecule has 0 rings (SSSR count). The summed E-state index contributed by atoms with van der Waals surface area (Å²) >= 11 is 5.20. The van der Waals surface area contributed by atoms with Crippen molar-refractivity contribution in [3.05, 3.63) is 0 Å². The van der Waals surface area contributed by atoms with Crippen molar-refractivity contribution >= 4 is 17.6 Å². The minimum Gasteiger partial charge on any atom is -1.00 e. The van der Waals surface area contributed by atoms with Crippen molar-refractivity contribution in [3.8, 4) is 0 Å². The van der Waals surface area contributed by atoms with Crippen LogP contribution in [0, 0.1) is 0 Å². The molecule has 4 heteroatoms. The normalized spacial score (nSPS) is 11.8. The van der Waals surface area contributed by atoms with Gasteiger partial charge in [-0.2, -0.15) is 0 Å². The van der Waals surface area contributed by atoms with E-state index in [1.165, 1.54) is 0 Å². The smallest absolute Gasteiger partial charge is 1.00 e. The van der Waals surface area contributed by atoms with Crippen LogP contribution in [0.15, 0.2) is 0 Å². The van der Waals surface area contributed by atoms with E-state index in [9.17, 15) is 4.79 Å². The molecule has 8 heavy (non-hydrogen) atoms. The van der Waals surface area contributed by atoms with Crippen molar-refractivity contribution in [3.63, 3.8) is 0 Å². The summed E-state index contributed by atoms with van der Waals surface area (Å²) in [5, 5.41) is 7.34. The Hall–Kier alpha value is 1.40. The first kappa shape index (κ1) is 12.1. The molecule has 2 nitrogen and oxygen atoms in total. The van der Waals surface area contributed by atoms with E-state index in [1.54, 1.807) is 6.92 Å². The standard InChI is InChI=1S/C4H7ClO2.K.H/c1-2-3(5)4(6)7;;/h3H,2H2,1H3,(H,6,7);;/q;+1;-1. The summed E-state index contributed by atoms with van der Waals surface area (Å²) in [6.45, 7) is 1.73. The minimum absolute atomic E-state index is 0. The SMILES string of the molecule is CCC(Cl)C(=O)O.[H-].[K+]. The number of alkyl halides is 1. The van der Waals surface area contributed by atoms with E-state index < -0.39 is 11.3 Å². The van der Waals surface area contributed by atoms with Crippen molar-refractivity contribution < 1.29 is 62.7 Å². The molecule has 0 saturated carbocycles. The third kappa shape index (κ3) is 5.53. The Balaban J connectivity index is -0.000000180.